The van der Waals surface area contributed by atoms with Gasteiger partial charge in [-0.15, -0.1) is 0 Å². The van der Waals surface area contributed by atoms with Gasteiger partial charge < -0.3 is 16.6 Å². The number of rotatable bonds is 8. The minimum atomic E-state index is -3.88. The van der Waals surface area contributed by atoms with Crippen molar-refractivity contribution < 1.29 is 13.5 Å². The second-order valence-corrected chi connectivity index (χ2v) is 9.13. The molecule has 0 aliphatic heterocycles. The monoisotopic (exact) mass is 391 g/mol. The zero-order valence-electron chi connectivity index (χ0n) is 16.0. The first-order valence-electron chi connectivity index (χ1n) is 9.00. The highest BCUT2D eigenvalue weighted by Crippen LogP contribution is 2.32. The number of benzene rings is 2. The van der Waals surface area contributed by atoms with Gasteiger partial charge in [0, 0.05) is 18.3 Å². The molecule has 3 atom stereocenters. The molecule has 0 amide bonds. The number of nitrogen functional groups attached to an aromatic ring is 1. The lowest BCUT2D eigenvalue weighted by Gasteiger charge is -2.36. The second kappa shape index (κ2) is 8.84. The van der Waals surface area contributed by atoms with E-state index in [2.05, 4.69) is 0 Å². The van der Waals surface area contributed by atoms with Crippen LogP contribution in [-0.2, 0) is 10.0 Å². The molecule has 7 heteroatoms. The van der Waals surface area contributed by atoms with Crippen LogP contribution in [0.15, 0.2) is 59.5 Å². The molecular weight excluding hydrogens is 362 g/mol. The lowest BCUT2D eigenvalue weighted by atomic mass is 9.96. The summed E-state index contributed by atoms with van der Waals surface area (Å²) in [6.45, 7) is 5.79. The lowest BCUT2D eigenvalue weighted by Crippen LogP contribution is -2.48. The number of sulfonamides is 1. The van der Waals surface area contributed by atoms with Gasteiger partial charge in [0.1, 0.15) is 0 Å². The van der Waals surface area contributed by atoms with E-state index >= 15 is 0 Å². The van der Waals surface area contributed by atoms with Crippen LogP contribution in [0.1, 0.15) is 32.4 Å². The van der Waals surface area contributed by atoms with Gasteiger partial charge in [0.15, 0.2) is 0 Å². The summed E-state index contributed by atoms with van der Waals surface area (Å²) in [5.41, 5.74) is 12.8. The Bertz CT molecular complexity index is 821. The highest BCUT2D eigenvalue weighted by atomic mass is 32.2. The maximum absolute atomic E-state index is 13.5. The summed E-state index contributed by atoms with van der Waals surface area (Å²) < 4.78 is 28.3. The van der Waals surface area contributed by atoms with Crippen LogP contribution in [-0.4, -0.2) is 36.5 Å². The molecule has 27 heavy (non-hydrogen) atoms. The molecule has 2 rings (SSSR count). The van der Waals surface area contributed by atoms with Crippen molar-refractivity contribution in [2.24, 2.45) is 11.7 Å². The van der Waals surface area contributed by atoms with Gasteiger partial charge in [-0.25, -0.2) is 8.42 Å². The predicted molar refractivity (Wildman–Crippen MR) is 108 cm³/mol. The van der Waals surface area contributed by atoms with Crippen LogP contribution < -0.4 is 11.5 Å². The summed E-state index contributed by atoms with van der Waals surface area (Å²) in [6.07, 6.45) is -1.06. The summed E-state index contributed by atoms with van der Waals surface area (Å²) in [5.74, 6) is 0.0556. The van der Waals surface area contributed by atoms with E-state index in [0.717, 1.165) is 0 Å². The zero-order chi connectivity index (χ0) is 20.2. The van der Waals surface area contributed by atoms with Gasteiger partial charge in [0.05, 0.1) is 17.0 Å². The van der Waals surface area contributed by atoms with Crippen LogP contribution in [0.2, 0.25) is 0 Å². The molecule has 0 aliphatic carbocycles. The topological polar surface area (TPSA) is 110 Å². The van der Waals surface area contributed by atoms with Crippen LogP contribution in [0, 0.1) is 5.92 Å². The summed E-state index contributed by atoms with van der Waals surface area (Å²) in [5, 5.41) is 10.8. The number of nitrogens with two attached hydrogens (primary N) is 2. The normalized spacial score (nSPS) is 15.7. The van der Waals surface area contributed by atoms with E-state index < -0.39 is 28.2 Å². The van der Waals surface area contributed by atoms with E-state index in [-0.39, 0.29) is 17.4 Å². The summed E-state index contributed by atoms with van der Waals surface area (Å²) in [7, 11) is -3.88. The third-order valence-electron chi connectivity index (χ3n) is 4.35. The Hall–Kier alpha value is -1.93. The third-order valence-corrected chi connectivity index (χ3v) is 6.21. The molecule has 0 heterocycles. The molecule has 3 unspecified atom stereocenters. The molecule has 2 aromatic rings. The Morgan fingerprint density at radius 3 is 2.04 bits per heavy atom. The predicted octanol–water partition coefficient (Wildman–Crippen LogP) is 2.36. The van der Waals surface area contributed by atoms with Crippen LogP contribution in [0.25, 0.3) is 0 Å². The van der Waals surface area contributed by atoms with Crippen molar-refractivity contribution in [1.29, 1.82) is 0 Å². The van der Waals surface area contributed by atoms with E-state index in [4.69, 9.17) is 11.5 Å². The molecule has 0 saturated heterocycles. The first kappa shape index (κ1) is 21.4. The SMILES string of the molecule is CC(C)CN(C(c1ccccc1)C(O)C(C)N)S(=O)(=O)c1ccc(N)cc1. The Labute approximate surface area is 161 Å². The molecule has 0 saturated carbocycles. The van der Waals surface area contributed by atoms with Crippen molar-refractivity contribution in [2.75, 3.05) is 12.3 Å². The quantitative estimate of drug-likeness (QED) is 0.599. The average molecular weight is 392 g/mol. The molecule has 0 fully saturated rings. The number of anilines is 1. The molecule has 0 aliphatic rings. The van der Waals surface area contributed by atoms with Crippen LogP contribution >= 0.6 is 0 Å². The van der Waals surface area contributed by atoms with Crippen molar-refractivity contribution in [3.05, 3.63) is 60.2 Å². The zero-order valence-corrected chi connectivity index (χ0v) is 16.8. The van der Waals surface area contributed by atoms with E-state index in [0.29, 0.717) is 11.3 Å². The number of aliphatic hydroxyl groups is 1. The van der Waals surface area contributed by atoms with Crippen molar-refractivity contribution in [1.82, 2.24) is 4.31 Å². The number of nitrogens with zero attached hydrogens (tertiary/aromatic N) is 1. The Kier molecular flexibility index (Phi) is 7.00. The Morgan fingerprint density at radius 2 is 1.56 bits per heavy atom. The van der Waals surface area contributed by atoms with Crippen LogP contribution in [0.5, 0.6) is 0 Å². The molecule has 0 aromatic heterocycles. The van der Waals surface area contributed by atoms with Crippen molar-refractivity contribution in [2.45, 2.75) is 43.9 Å². The molecule has 0 bridgehead atoms. The fourth-order valence-corrected chi connectivity index (χ4v) is 4.76. The van der Waals surface area contributed by atoms with E-state index in [1.165, 1.54) is 16.4 Å². The third kappa shape index (κ3) is 5.07. The Balaban J connectivity index is 2.61. The fraction of sp³-hybridized carbons (Fsp3) is 0.400. The van der Waals surface area contributed by atoms with Gasteiger partial charge in [-0.05, 0) is 42.7 Å². The van der Waals surface area contributed by atoms with Crippen LogP contribution in [0.3, 0.4) is 0 Å². The lowest BCUT2D eigenvalue weighted by molar-refractivity contribution is 0.0678. The second-order valence-electron chi connectivity index (χ2n) is 7.24. The van der Waals surface area contributed by atoms with Crippen LogP contribution in [0.4, 0.5) is 5.69 Å². The maximum Gasteiger partial charge on any atom is 0.243 e. The average Bonchev–Trinajstić information content (AvgIpc) is 2.62. The number of hydrogen-bond donors (Lipinski definition) is 3. The largest absolute Gasteiger partial charge is 0.399 e. The molecular formula is C20H29N3O3S. The van der Waals surface area contributed by atoms with Crippen molar-refractivity contribution in [3.63, 3.8) is 0 Å². The van der Waals surface area contributed by atoms with Crippen molar-refractivity contribution >= 4 is 15.7 Å². The highest BCUT2D eigenvalue weighted by molar-refractivity contribution is 7.89. The van der Waals surface area contributed by atoms with Gasteiger partial charge in [0.25, 0.3) is 0 Å². The molecule has 6 nitrogen and oxygen atoms in total. The van der Waals surface area contributed by atoms with E-state index in [9.17, 15) is 13.5 Å². The first-order valence-corrected chi connectivity index (χ1v) is 10.4. The smallest absolute Gasteiger partial charge is 0.243 e. The minimum Gasteiger partial charge on any atom is -0.399 e. The van der Waals surface area contributed by atoms with Gasteiger partial charge in [-0.1, -0.05) is 44.2 Å². The maximum atomic E-state index is 13.5. The van der Waals surface area contributed by atoms with Gasteiger partial charge in [-0.3, -0.25) is 0 Å². The summed E-state index contributed by atoms with van der Waals surface area (Å²) in [4.78, 5) is 0.134. The standard InChI is InChI=1S/C20H29N3O3S/c1-14(2)13-23(27(25,26)18-11-9-17(22)10-12-18)19(20(24)15(3)21)16-7-5-4-6-8-16/h4-12,14-15,19-20,24H,13,21-22H2,1-3H3. The van der Waals surface area contributed by atoms with E-state index in [1.54, 1.807) is 19.1 Å². The van der Waals surface area contributed by atoms with Gasteiger partial charge in [0.2, 0.25) is 10.0 Å². The first-order chi connectivity index (χ1) is 12.6. The fourth-order valence-electron chi connectivity index (χ4n) is 2.97. The summed E-state index contributed by atoms with van der Waals surface area (Å²) in [6, 6.07) is 13.8. The van der Waals surface area contributed by atoms with Gasteiger partial charge in [-0.2, -0.15) is 4.31 Å². The van der Waals surface area contributed by atoms with E-state index in [1.807, 2.05) is 44.2 Å². The van der Waals surface area contributed by atoms with Gasteiger partial charge >= 0.3 is 0 Å². The molecule has 148 valence electrons. The molecule has 5 N–H and O–H groups in total. The molecule has 2 aromatic carbocycles. The Morgan fingerprint density at radius 1 is 1.00 bits per heavy atom. The molecule has 0 radical (unpaired) electrons. The highest BCUT2D eigenvalue weighted by Gasteiger charge is 2.38. The minimum absolute atomic E-state index is 0.0556. The summed E-state index contributed by atoms with van der Waals surface area (Å²) >= 11 is 0. The molecule has 0 spiro atoms. The number of aliphatic hydroxyl groups excluding tert-OH is 1. The number of hydrogen-bond acceptors (Lipinski definition) is 5. The van der Waals surface area contributed by atoms with Crippen molar-refractivity contribution in [3.8, 4) is 0 Å².